The van der Waals surface area contributed by atoms with Crippen molar-refractivity contribution in [3.8, 4) is 11.5 Å². The predicted molar refractivity (Wildman–Crippen MR) is 134 cm³/mol. The number of rotatable bonds is 11. The SMILES string of the molecule is CCOC(=O)C(=O)C=C(O)c1cc(C(C)C)c(OCc2ccccc2)cc1OCc1ccccc1. The average Bonchev–Trinajstić information content (AvgIpc) is 2.87. The molecule has 1 N–H and O–H groups in total. The van der Waals surface area contributed by atoms with E-state index >= 15 is 0 Å². The molecule has 0 amide bonds. The van der Waals surface area contributed by atoms with Crippen LogP contribution in [0, 0.1) is 0 Å². The second-order valence-electron chi connectivity index (χ2n) is 8.20. The van der Waals surface area contributed by atoms with Gasteiger partial charge in [0.05, 0.1) is 12.2 Å². The van der Waals surface area contributed by atoms with Gasteiger partial charge in [-0.05, 0) is 35.6 Å². The summed E-state index contributed by atoms with van der Waals surface area (Å²) >= 11 is 0. The van der Waals surface area contributed by atoms with Gasteiger partial charge in [-0.1, -0.05) is 74.5 Å². The Balaban J connectivity index is 1.99. The number of benzene rings is 3. The second-order valence-corrected chi connectivity index (χ2v) is 8.20. The highest BCUT2D eigenvalue weighted by atomic mass is 16.5. The van der Waals surface area contributed by atoms with Crippen LogP contribution in [-0.2, 0) is 27.5 Å². The molecule has 3 rings (SSSR count). The maximum Gasteiger partial charge on any atom is 0.379 e. The first-order chi connectivity index (χ1) is 16.9. The zero-order valence-corrected chi connectivity index (χ0v) is 20.2. The Morgan fingerprint density at radius 3 is 1.91 bits per heavy atom. The summed E-state index contributed by atoms with van der Waals surface area (Å²) in [6.07, 6.45) is 0.858. The molecule has 182 valence electrons. The normalized spacial score (nSPS) is 11.3. The van der Waals surface area contributed by atoms with Crippen LogP contribution in [0.2, 0.25) is 0 Å². The van der Waals surface area contributed by atoms with Gasteiger partial charge in [0.1, 0.15) is 30.5 Å². The molecule has 0 unspecified atom stereocenters. The number of hydrogen-bond donors (Lipinski definition) is 1. The highest BCUT2D eigenvalue weighted by Gasteiger charge is 2.20. The fourth-order valence-electron chi connectivity index (χ4n) is 3.41. The topological polar surface area (TPSA) is 82.1 Å². The number of aliphatic hydroxyl groups is 1. The molecule has 3 aromatic carbocycles. The highest BCUT2D eigenvalue weighted by molar-refractivity contribution is 6.39. The molecule has 35 heavy (non-hydrogen) atoms. The van der Waals surface area contributed by atoms with Crippen molar-refractivity contribution < 1.29 is 28.9 Å². The molecule has 0 aliphatic heterocycles. The third kappa shape index (κ3) is 7.21. The fraction of sp³-hybridized carbons (Fsp3) is 0.241. The first kappa shape index (κ1) is 25.6. The first-order valence-electron chi connectivity index (χ1n) is 11.5. The number of esters is 1. The average molecular weight is 475 g/mol. The van der Waals surface area contributed by atoms with Crippen molar-refractivity contribution in [2.45, 2.75) is 39.9 Å². The van der Waals surface area contributed by atoms with Gasteiger partial charge in [0, 0.05) is 12.1 Å². The van der Waals surface area contributed by atoms with Crippen molar-refractivity contribution in [1.29, 1.82) is 0 Å². The summed E-state index contributed by atoms with van der Waals surface area (Å²) in [6.45, 7) is 6.28. The van der Waals surface area contributed by atoms with Gasteiger partial charge in [0.25, 0.3) is 5.78 Å². The summed E-state index contributed by atoms with van der Waals surface area (Å²) in [7, 11) is 0. The van der Waals surface area contributed by atoms with Crippen LogP contribution in [0.3, 0.4) is 0 Å². The van der Waals surface area contributed by atoms with Crippen LogP contribution in [0.4, 0.5) is 0 Å². The summed E-state index contributed by atoms with van der Waals surface area (Å²) in [6, 6.07) is 22.8. The first-order valence-corrected chi connectivity index (χ1v) is 11.5. The third-order valence-corrected chi connectivity index (χ3v) is 5.23. The van der Waals surface area contributed by atoms with E-state index in [2.05, 4.69) is 0 Å². The van der Waals surface area contributed by atoms with Crippen molar-refractivity contribution >= 4 is 17.5 Å². The quantitative estimate of drug-likeness (QED) is 0.159. The van der Waals surface area contributed by atoms with Crippen LogP contribution in [0.15, 0.2) is 78.9 Å². The van der Waals surface area contributed by atoms with Crippen molar-refractivity contribution in [2.75, 3.05) is 6.61 Å². The van der Waals surface area contributed by atoms with Crippen LogP contribution in [-0.4, -0.2) is 23.5 Å². The Morgan fingerprint density at radius 1 is 0.857 bits per heavy atom. The lowest BCUT2D eigenvalue weighted by Gasteiger charge is -2.19. The molecule has 0 aliphatic rings. The molecule has 0 heterocycles. The highest BCUT2D eigenvalue weighted by Crippen LogP contribution is 2.37. The van der Waals surface area contributed by atoms with Gasteiger partial charge >= 0.3 is 5.97 Å². The largest absolute Gasteiger partial charge is 0.507 e. The Bertz CT molecular complexity index is 1170. The zero-order valence-electron chi connectivity index (χ0n) is 20.2. The van der Waals surface area contributed by atoms with Crippen LogP contribution >= 0.6 is 0 Å². The van der Waals surface area contributed by atoms with Gasteiger partial charge < -0.3 is 19.3 Å². The molecule has 0 bridgehead atoms. The Kier molecular flexibility index (Phi) is 9.07. The molecule has 0 aliphatic carbocycles. The third-order valence-electron chi connectivity index (χ3n) is 5.23. The van der Waals surface area contributed by atoms with E-state index in [1.54, 1.807) is 19.1 Å². The molecule has 0 saturated heterocycles. The lowest BCUT2D eigenvalue weighted by Crippen LogP contribution is -2.15. The number of aliphatic hydroxyl groups excluding tert-OH is 1. The van der Waals surface area contributed by atoms with Crippen LogP contribution < -0.4 is 9.47 Å². The second kappa shape index (κ2) is 12.4. The van der Waals surface area contributed by atoms with E-state index in [4.69, 9.17) is 14.2 Å². The lowest BCUT2D eigenvalue weighted by atomic mass is 9.97. The van der Waals surface area contributed by atoms with Crippen LogP contribution in [0.25, 0.3) is 5.76 Å². The summed E-state index contributed by atoms with van der Waals surface area (Å²) in [5.74, 6) is -1.38. The molecule has 6 heteroatoms. The van der Waals surface area contributed by atoms with Crippen LogP contribution in [0.5, 0.6) is 11.5 Å². The van der Waals surface area contributed by atoms with E-state index in [-0.39, 0.29) is 30.5 Å². The van der Waals surface area contributed by atoms with Gasteiger partial charge in [-0.25, -0.2) is 4.79 Å². The fourth-order valence-corrected chi connectivity index (χ4v) is 3.41. The Labute approximate surface area is 205 Å². The van der Waals surface area contributed by atoms with Crippen LogP contribution in [0.1, 0.15) is 48.9 Å². The molecule has 6 nitrogen and oxygen atoms in total. The number of ether oxygens (including phenoxy) is 3. The number of ketones is 1. The van der Waals surface area contributed by atoms with E-state index in [1.807, 2.05) is 74.5 Å². The molecule has 0 aromatic heterocycles. The molecule has 0 atom stereocenters. The minimum Gasteiger partial charge on any atom is -0.507 e. The van der Waals surface area contributed by atoms with Gasteiger partial charge in [-0.15, -0.1) is 0 Å². The molecule has 0 spiro atoms. The van der Waals surface area contributed by atoms with Crippen molar-refractivity contribution in [1.82, 2.24) is 0 Å². The van der Waals surface area contributed by atoms with E-state index < -0.39 is 11.8 Å². The Morgan fingerprint density at radius 2 is 1.40 bits per heavy atom. The summed E-state index contributed by atoms with van der Waals surface area (Å²) in [4.78, 5) is 24.0. The maximum atomic E-state index is 12.2. The van der Waals surface area contributed by atoms with E-state index in [0.29, 0.717) is 18.1 Å². The number of carbonyl (C=O) groups excluding carboxylic acids is 2. The van der Waals surface area contributed by atoms with Gasteiger partial charge in [0.15, 0.2) is 0 Å². The predicted octanol–water partition coefficient (Wildman–Crippen LogP) is 6.00. The Hall–Kier alpha value is -4.06. The maximum absolute atomic E-state index is 12.2. The smallest absolute Gasteiger partial charge is 0.379 e. The van der Waals surface area contributed by atoms with E-state index in [0.717, 1.165) is 22.8 Å². The monoisotopic (exact) mass is 474 g/mol. The molecule has 0 saturated carbocycles. The van der Waals surface area contributed by atoms with E-state index in [1.165, 1.54) is 0 Å². The van der Waals surface area contributed by atoms with Gasteiger partial charge in [0.2, 0.25) is 0 Å². The molecular weight excluding hydrogens is 444 g/mol. The minimum atomic E-state index is -1.03. The summed E-state index contributed by atoms with van der Waals surface area (Å²) < 4.78 is 16.9. The van der Waals surface area contributed by atoms with Gasteiger partial charge in [-0.3, -0.25) is 4.79 Å². The zero-order chi connectivity index (χ0) is 25.2. The number of hydrogen-bond acceptors (Lipinski definition) is 6. The summed E-state index contributed by atoms with van der Waals surface area (Å²) in [5, 5.41) is 10.8. The minimum absolute atomic E-state index is 0.0521. The lowest BCUT2D eigenvalue weighted by molar-refractivity contribution is -0.151. The number of carbonyl (C=O) groups is 2. The molecule has 0 radical (unpaired) electrons. The van der Waals surface area contributed by atoms with Gasteiger partial charge in [-0.2, -0.15) is 0 Å². The van der Waals surface area contributed by atoms with Crippen molar-refractivity contribution in [2.24, 2.45) is 0 Å². The standard InChI is InChI=1S/C29H30O6/c1-4-33-29(32)26(31)16-25(30)24-15-23(20(2)3)27(34-18-21-11-7-5-8-12-21)17-28(24)35-19-22-13-9-6-10-14-22/h5-17,20,30H,4,18-19H2,1-3H3. The van der Waals surface area contributed by atoms with E-state index in [9.17, 15) is 14.7 Å². The van der Waals surface area contributed by atoms with Crippen molar-refractivity contribution in [3.05, 3.63) is 101 Å². The summed E-state index contributed by atoms with van der Waals surface area (Å²) in [5.41, 5.74) is 3.06. The molecular formula is C29H30O6. The molecule has 3 aromatic rings. The van der Waals surface area contributed by atoms with Crippen molar-refractivity contribution in [3.63, 3.8) is 0 Å². The molecule has 0 fully saturated rings.